The van der Waals surface area contributed by atoms with E-state index >= 15 is 0 Å². The van der Waals surface area contributed by atoms with Gasteiger partial charge in [-0.1, -0.05) is 26.0 Å². The van der Waals surface area contributed by atoms with Crippen molar-refractivity contribution in [3.05, 3.63) is 47.8 Å². The highest BCUT2D eigenvalue weighted by Crippen LogP contribution is 2.24. The molecule has 0 saturated heterocycles. The molecule has 0 atom stereocenters. The van der Waals surface area contributed by atoms with Gasteiger partial charge in [-0.25, -0.2) is 9.97 Å². The van der Waals surface area contributed by atoms with Crippen LogP contribution in [0.2, 0.25) is 0 Å². The zero-order valence-corrected chi connectivity index (χ0v) is 12.5. The number of hydrogen-bond donors (Lipinski definition) is 1. The van der Waals surface area contributed by atoms with Gasteiger partial charge in [0, 0.05) is 18.0 Å². The number of rotatable bonds is 5. The third kappa shape index (κ3) is 4.02. The molecule has 0 aliphatic heterocycles. The maximum Gasteiger partial charge on any atom is 0.231 e. The average molecular weight is 285 g/mol. The third-order valence-corrected chi connectivity index (χ3v) is 3.14. The fraction of sp³-hybridized carbons (Fsp3) is 0.312. The standard InChI is InChI=1S/C16H19N3O2/c1-11(2)12-5-6-14(21-3)13(9-12)10-15(20)19-16-17-7-4-8-18-16/h4-9,11H,10H2,1-3H3,(H,17,18,19,20). The highest BCUT2D eigenvalue weighted by Gasteiger charge is 2.12. The molecule has 0 aliphatic rings. The molecular weight excluding hydrogens is 266 g/mol. The van der Waals surface area contributed by atoms with Crippen molar-refractivity contribution in [2.75, 3.05) is 12.4 Å². The Kier molecular flexibility index (Phi) is 4.87. The van der Waals surface area contributed by atoms with Gasteiger partial charge < -0.3 is 4.74 Å². The summed E-state index contributed by atoms with van der Waals surface area (Å²) in [5.74, 6) is 1.25. The summed E-state index contributed by atoms with van der Waals surface area (Å²) in [7, 11) is 1.60. The predicted octanol–water partition coefficient (Wildman–Crippen LogP) is 2.79. The van der Waals surface area contributed by atoms with E-state index in [4.69, 9.17) is 4.74 Å². The fourth-order valence-electron chi connectivity index (χ4n) is 2.00. The van der Waals surface area contributed by atoms with Crippen LogP contribution < -0.4 is 10.1 Å². The first kappa shape index (κ1) is 15.0. The number of aromatic nitrogens is 2. The fourth-order valence-corrected chi connectivity index (χ4v) is 2.00. The van der Waals surface area contributed by atoms with E-state index in [0.717, 1.165) is 5.56 Å². The Morgan fingerprint density at radius 1 is 1.29 bits per heavy atom. The van der Waals surface area contributed by atoms with Gasteiger partial charge >= 0.3 is 0 Å². The van der Waals surface area contributed by atoms with E-state index in [9.17, 15) is 4.79 Å². The molecule has 1 heterocycles. The van der Waals surface area contributed by atoms with Gasteiger partial charge in [0.1, 0.15) is 5.75 Å². The first-order valence-electron chi connectivity index (χ1n) is 6.84. The van der Waals surface area contributed by atoms with Crippen LogP contribution in [0.1, 0.15) is 30.9 Å². The van der Waals surface area contributed by atoms with E-state index < -0.39 is 0 Å². The molecule has 1 aromatic heterocycles. The van der Waals surface area contributed by atoms with Crippen molar-refractivity contribution >= 4 is 11.9 Å². The number of carbonyl (C=O) groups is 1. The summed E-state index contributed by atoms with van der Waals surface area (Å²) in [4.78, 5) is 20.0. The second-order valence-electron chi connectivity index (χ2n) is 5.02. The number of nitrogens with one attached hydrogen (secondary N) is 1. The number of benzene rings is 1. The molecule has 1 amide bonds. The van der Waals surface area contributed by atoms with Crippen LogP contribution in [0.5, 0.6) is 5.75 Å². The summed E-state index contributed by atoms with van der Waals surface area (Å²) in [5, 5.41) is 2.67. The molecule has 5 heteroatoms. The second-order valence-corrected chi connectivity index (χ2v) is 5.02. The first-order chi connectivity index (χ1) is 10.1. The van der Waals surface area contributed by atoms with Gasteiger partial charge in [-0.2, -0.15) is 0 Å². The molecule has 0 saturated carbocycles. The lowest BCUT2D eigenvalue weighted by atomic mass is 9.99. The Bertz CT molecular complexity index is 612. The van der Waals surface area contributed by atoms with Crippen LogP contribution in [-0.2, 0) is 11.2 Å². The molecule has 0 spiro atoms. The number of anilines is 1. The molecule has 0 unspecified atom stereocenters. The Morgan fingerprint density at radius 2 is 2.00 bits per heavy atom. The van der Waals surface area contributed by atoms with E-state index in [0.29, 0.717) is 17.6 Å². The predicted molar refractivity (Wildman–Crippen MR) is 81.4 cm³/mol. The van der Waals surface area contributed by atoms with Crippen LogP contribution in [-0.4, -0.2) is 23.0 Å². The average Bonchev–Trinajstić information content (AvgIpc) is 2.48. The molecule has 0 fully saturated rings. The number of methoxy groups -OCH3 is 1. The monoisotopic (exact) mass is 285 g/mol. The normalized spacial score (nSPS) is 10.5. The maximum atomic E-state index is 12.1. The molecule has 1 aromatic carbocycles. The SMILES string of the molecule is COc1ccc(C(C)C)cc1CC(=O)Nc1ncccn1. The van der Waals surface area contributed by atoms with E-state index in [1.807, 2.05) is 18.2 Å². The quantitative estimate of drug-likeness (QED) is 0.917. The van der Waals surface area contributed by atoms with Crippen molar-refractivity contribution in [3.63, 3.8) is 0 Å². The van der Waals surface area contributed by atoms with Crippen LogP contribution in [0.25, 0.3) is 0 Å². The molecule has 2 rings (SSSR count). The summed E-state index contributed by atoms with van der Waals surface area (Å²) < 4.78 is 5.32. The topological polar surface area (TPSA) is 64.1 Å². The van der Waals surface area contributed by atoms with Gasteiger partial charge in [0.2, 0.25) is 11.9 Å². The summed E-state index contributed by atoms with van der Waals surface area (Å²) in [5.41, 5.74) is 2.03. The van der Waals surface area contributed by atoms with Gasteiger partial charge in [0.25, 0.3) is 0 Å². The van der Waals surface area contributed by atoms with Gasteiger partial charge in [-0.05, 0) is 23.6 Å². The molecule has 21 heavy (non-hydrogen) atoms. The number of ether oxygens (including phenoxy) is 1. The maximum absolute atomic E-state index is 12.1. The first-order valence-corrected chi connectivity index (χ1v) is 6.84. The Balaban J connectivity index is 2.14. The molecular formula is C16H19N3O2. The van der Waals surface area contributed by atoms with E-state index in [1.54, 1.807) is 25.6 Å². The van der Waals surface area contributed by atoms with Crippen LogP contribution in [0, 0.1) is 0 Å². The summed E-state index contributed by atoms with van der Waals surface area (Å²) in [6, 6.07) is 7.63. The lowest BCUT2D eigenvalue weighted by molar-refractivity contribution is -0.115. The number of carbonyl (C=O) groups excluding carboxylic acids is 1. The van der Waals surface area contributed by atoms with Crippen molar-refractivity contribution in [3.8, 4) is 5.75 Å². The number of nitrogens with zero attached hydrogens (tertiary/aromatic N) is 2. The van der Waals surface area contributed by atoms with Crippen molar-refractivity contribution in [1.82, 2.24) is 9.97 Å². The lowest BCUT2D eigenvalue weighted by Crippen LogP contribution is -2.16. The molecule has 5 nitrogen and oxygen atoms in total. The molecule has 0 radical (unpaired) electrons. The van der Waals surface area contributed by atoms with Gasteiger partial charge in [0.15, 0.2) is 0 Å². The van der Waals surface area contributed by atoms with Crippen LogP contribution in [0.3, 0.4) is 0 Å². The van der Waals surface area contributed by atoms with E-state index in [-0.39, 0.29) is 12.3 Å². The number of hydrogen-bond acceptors (Lipinski definition) is 4. The van der Waals surface area contributed by atoms with E-state index in [2.05, 4.69) is 29.1 Å². The minimum Gasteiger partial charge on any atom is -0.496 e. The van der Waals surface area contributed by atoms with Crippen molar-refractivity contribution in [1.29, 1.82) is 0 Å². The summed E-state index contributed by atoms with van der Waals surface area (Å²) >= 11 is 0. The van der Waals surface area contributed by atoms with Crippen molar-refractivity contribution in [2.24, 2.45) is 0 Å². The molecule has 0 aliphatic carbocycles. The van der Waals surface area contributed by atoms with Gasteiger partial charge in [-0.3, -0.25) is 10.1 Å². The second kappa shape index (κ2) is 6.83. The molecule has 1 N–H and O–H groups in total. The molecule has 2 aromatic rings. The minimum absolute atomic E-state index is 0.166. The Morgan fingerprint density at radius 3 is 2.62 bits per heavy atom. The highest BCUT2D eigenvalue weighted by atomic mass is 16.5. The van der Waals surface area contributed by atoms with Crippen LogP contribution >= 0.6 is 0 Å². The summed E-state index contributed by atoms with van der Waals surface area (Å²) in [6.07, 6.45) is 3.40. The smallest absolute Gasteiger partial charge is 0.231 e. The number of amides is 1. The highest BCUT2D eigenvalue weighted by molar-refractivity contribution is 5.91. The zero-order chi connectivity index (χ0) is 15.2. The third-order valence-electron chi connectivity index (χ3n) is 3.14. The molecule has 0 bridgehead atoms. The van der Waals surface area contributed by atoms with E-state index in [1.165, 1.54) is 5.56 Å². The zero-order valence-electron chi connectivity index (χ0n) is 12.5. The summed E-state index contributed by atoms with van der Waals surface area (Å²) in [6.45, 7) is 4.23. The van der Waals surface area contributed by atoms with Gasteiger partial charge in [-0.15, -0.1) is 0 Å². The van der Waals surface area contributed by atoms with Crippen LogP contribution in [0.4, 0.5) is 5.95 Å². The Labute approximate surface area is 124 Å². The largest absolute Gasteiger partial charge is 0.496 e. The molecule has 110 valence electrons. The van der Waals surface area contributed by atoms with Crippen molar-refractivity contribution < 1.29 is 9.53 Å². The Hall–Kier alpha value is -2.43. The minimum atomic E-state index is -0.166. The van der Waals surface area contributed by atoms with Crippen molar-refractivity contribution in [2.45, 2.75) is 26.2 Å². The van der Waals surface area contributed by atoms with Gasteiger partial charge in [0.05, 0.1) is 13.5 Å². The lowest BCUT2D eigenvalue weighted by Gasteiger charge is -2.12. The van der Waals surface area contributed by atoms with Crippen LogP contribution in [0.15, 0.2) is 36.7 Å².